The van der Waals surface area contributed by atoms with Crippen LogP contribution in [0, 0.1) is 11.9 Å². The minimum atomic E-state index is -0.563. The molecule has 0 aliphatic rings. The highest BCUT2D eigenvalue weighted by molar-refractivity contribution is 5.06. The van der Waals surface area contributed by atoms with E-state index in [1.807, 2.05) is 6.92 Å². The highest BCUT2D eigenvalue weighted by Gasteiger charge is 2.08. The summed E-state index contributed by atoms with van der Waals surface area (Å²) in [7, 11) is 0. The van der Waals surface area contributed by atoms with Crippen molar-refractivity contribution >= 4 is 0 Å². The van der Waals surface area contributed by atoms with Gasteiger partial charge in [-0.15, -0.1) is 0 Å². The molecule has 0 amide bonds. The predicted molar refractivity (Wildman–Crippen MR) is 51.5 cm³/mol. The van der Waals surface area contributed by atoms with Crippen molar-refractivity contribution in [3.8, 4) is 5.88 Å². The fourth-order valence-electron chi connectivity index (χ4n) is 1.30. The van der Waals surface area contributed by atoms with Crippen LogP contribution in [0.4, 0.5) is 4.39 Å². The minimum absolute atomic E-state index is 0.0456. The lowest BCUT2D eigenvalue weighted by molar-refractivity contribution is 0.184. The SMILES string of the molecule is CC(C)CC(C)Oc1cc(F)ncn1. The number of rotatable bonds is 4. The zero-order valence-electron chi connectivity index (χ0n) is 8.70. The molecule has 0 radical (unpaired) electrons. The summed E-state index contributed by atoms with van der Waals surface area (Å²) in [6.45, 7) is 6.17. The molecule has 0 aromatic carbocycles. The molecule has 1 rings (SSSR count). The molecule has 78 valence electrons. The first-order valence-corrected chi connectivity index (χ1v) is 4.72. The van der Waals surface area contributed by atoms with Crippen molar-refractivity contribution in [1.82, 2.24) is 9.97 Å². The quantitative estimate of drug-likeness (QED) is 0.697. The van der Waals surface area contributed by atoms with Gasteiger partial charge in [-0.05, 0) is 19.3 Å². The highest BCUT2D eigenvalue weighted by atomic mass is 19.1. The Bertz CT molecular complexity index is 291. The number of nitrogens with zero attached hydrogens (tertiary/aromatic N) is 2. The topological polar surface area (TPSA) is 35.0 Å². The molecule has 0 aliphatic heterocycles. The van der Waals surface area contributed by atoms with E-state index in [2.05, 4.69) is 23.8 Å². The molecule has 0 saturated heterocycles. The van der Waals surface area contributed by atoms with Gasteiger partial charge in [-0.2, -0.15) is 4.39 Å². The fourth-order valence-corrected chi connectivity index (χ4v) is 1.30. The normalized spacial score (nSPS) is 12.9. The van der Waals surface area contributed by atoms with Crippen LogP contribution in [0.1, 0.15) is 27.2 Å². The summed E-state index contributed by atoms with van der Waals surface area (Å²) in [4.78, 5) is 7.16. The van der Waals surface area contributed by atoms with Crippen LogP contribution in [0.5, 0.6) is 5.88 Å². The summed E-state index contributed by atoms with van der Waals surface area (Å²) in [5.74, 6) is 0.286. The second-order valence-corrected chi connectivity index (χ2v) is 3.74. The lowest BCUT2D eigenvalue weighted by atomic mass is 10.1. The van der Waals surface area contributed by atoms with Gasteiger partial charge >= 0.3 is 0 Å². The van der Waals surface area contributed by atoms with Gasteiger partial charge in [-0.3, -0.25) is 0 Å². The summed E-state index contributed by atoms with van der Waals surface area (Å²) in [6.07, 6.45) is 2.13. The van der Waals surface area contributed by atoms with Crippen LogP contribution >= 0.6 is 0 Å². The number of ether oxygens (including phenoxy) is 1. The minimum Gasteiger partial charge on any atom is -0.474 e. The molecule has 0 aliphatic carbocycles. The second kappa shape index (κ2) is 4.88. The Morgan fingerprint density at radius 2 is 2.07 bits per heavy atom. The first kappa shape index (κ1) is 10.9. The van der Waals surface area contributed by atoms with Crippen LogP contribution in [0.25, 0.3) is 0 Å². The van der Waals surface area contributed by atoms with Gasteiger partial charge in [0.15, 0.2) is 0 Å². The van der Waals surface area contributed by atoms with Crippen LogP contribution < -0.4 is 4.74 Å². The van der Waals surface area contributed by atoms with Crippen molar-refractivity contribution in [3.05, 3.63) is 18.3 Å². The number of hydrogen-bond donors (Lipinski definition) is 0. The molecule has 1 aromatic rings. The van der Waals surface area contributed by atoms with E-state index < -0.39 is 5.95 Å². The van der Waals surface area contributed by atoms with Crippen LogP contribution in [-0.4, -0.2) is 16.1 Å². The average molecular weight is 198 g/mol. The molecule has 1 heterocycles. The standard InChI is InChI=1S/C10H15FN2O/c1-7(2)4-8(3)14-10-5-9(11)12-6-13-10/h5-8H,4H2,1-3H3. The first-order chi connectivity index (χ1) is 6.58. The van der Waals surface area contributed by atoms with Gasteiger partial charge in [0.2, 0.25) is 11.8 Å². The molecule has 3 nitrogen and oxygen atoms in total. The van der Waals surface area contributed by atoms with Gasteiger partial charge in [0.25, 0.3) is 0 Å². The summed E-state index contributed by atoms with van der Waals surface area (Å²) >= 11 is 0. The molecule has 0 saturated carbocycles. The number of aromatic nitrogens is 2. The molecule has 4 heteroatoms. The van der Waals surface area contributed by atoms with Crippen molar-refractivity contribution < 1.29 is 9.13 Å². The number of halogens is 1. The van der Waals surface area contributed by atoms with E-state index in [9.17, 15) is 4.39 Å². The van der Waals surface area contributed by atoms with Crippen molar-refractivity contribution in [3.63, 3.8) is 0 Å². The molecule has 14 heavy (non-hydrogen) atoms. The van der Waals surface area contributed by atoms with E-state index in [4.69, 9.17) is 4.74 Å². The largest absolute Gasteiger partial charge is 0.474 e. The van der Waals surface area contributed by atoms with Gasteiger partial charge in [0, 0.05) is 0 Å². The maximum absolute atomic E-state index is 12.6. The summed E-state index contributed by atoms with van der Waals surface area (Å²) < 4.78 is 18.1. The van der Waals surface area contributed by atoms with Crippen LogP contribution in [-0.2, 0) is 0 Å². The second-order valence-electron chi connectivity index (χ2n) is 3.74. The molecular weight excluding hydrogens is 183 g/mol. The van der Waals surface area contributed by atoms with Crippen LogP contribution in [0.3, 0.4) is 0 Å². The zero-order valence-corrected chi connectivity index (χ0v) is 8.70. The highest BCUT2D eigenvalue weighted by Crippen LogP contribution is 2.12. The lowest BCUT2D eigenvalue weighted by Gasteiger charge is -2.15. The Morgan fingerprint density at radius 1 is 1.36 bits per heavy atom. The van der Waals surface area contributed by atoms with E-state index in [0.29, 0.717) is 11.8 Å². The van der Waals surface area contributed by atoms with E-state index in [1.165, 1.54) is 6.07 Å². The third kappa shape index (κ3) is 3.68. The predicted octanol–water partition coefficient (Wildman–Crippen LogP) is 2.43. The zero-order chi connectivity index (χ0) is 10.6. The third-order valence-corrected chi connectivity index (χ3v) is 1.73. The molecule has 0 fully saturated rings. The van der Waals surface area contributed by atoms with E-state index in [1.54, 1.807) is 0 Å². The third-order valence-electron chi connectivity index (χ3n) is 1.73. The van der Waals surface area contributed by atoms with Gasteiger partial charge < -0.3 is 4.74 Å². The number of hydrogen-bond acceptors (Lipinski definition) is 3. The molecule has 0 spiro atoms. The lowest BCUT2D eigenvalue weighted by Crippen LogP contribution is -2.15. The Hall–Kier alpha value is -1.19. The van der Waals surface area contributed by atoms with Crippen molar-refractivity contribution in [2.75, 3.05) is 0 Å². The van der Waals surface area contributed by atoms with Crippen molar-refractivity contribution in [2.24, 2.45) is 5.92 Å². The van der Waals surface area contributed by atoms with Gasteiger partial charge in [-0.25, -0.2) is 9.97 Å². The maximum Gasteiger partial charge on any atom is 0.219 e. The smallest absolute Gasteiger partial charge is 0.219 e. The fraction of sp³-hybridized carbons (Fsp3) is 0.600. The monoisotopic (exact) mass is 198 g/mol. The van der Waals surface area contributed by atoms with Gasteiger partial charge in [0.05, 0.1) is 12.2 Å². The van der Waals surface area contributed by atoms with Gasteiger partial charge in [-0.1, -0.05) is 13.8 Å². The Labute approximate surface area is 83.3 Å². The molecule has 1 atom stereocenters. The molecule has 0 N–H and O–H groups in total. The Balaban J connectivity index is 2.51. The van der Waals surface area contributed by atoms with Crippen LogP contribution in [0.15, 0.2) is 12.4 Å². The van der Waals surface area contributed by atoms with Crippen molar-refractivity contribution in [1.29, 1.82) is 0 Å². The molecule has 1 aromatic heterocycles. The Morgan fingerprint density at radius 3 is 2.64 bits per heavy atom. The molecular formula is C10H15FN2O. The van der Waals surface area contributed by atoms with Crippen LogP contribution in [0.2, 0.25) is 0 Å². The van der Waals surface area contributed by atoms with E-state index in [-0.39, 0.29) is 6.10 Å². The van der Waals surface area contributed by atoms with Crippen molar-refractivity contribution in [2.45, 2.75) is 33.3 Å². The molecule has 0 bridgehead atoms. The molecule has 1 unspecified atom stereocenters. The van der Waals surface area contributed by atoms with E-state index in [0.717, 1.165) is 12.7 Å². The average Bonchev–Trinajstić information content (AvgIpc) is 2.01. The van der Waals surface area contributed by atoms with Gasteiger partial charge in [0.1, 0.15) is 6.33 Å². The summed E-state index contributed by atoms with van der Waals surface area (Å²) in [5.41, 5.74) is 0. The summed E-state index contributed by atoms with van der Waals surface area (Å²) in [5, 5.41) is 0. The Kier molecular flexibility index (Phi) is 3.80. The summed E-state index contributed by atoms with van der Waals surface area (Å²) in [6, 6.07) is 1.19. The first-order valence-electron chi connectivity index (χ1n) is 4.72. The maximum atomic E-state index is 12.6. The van der Waals surface area contributed by atoms with E-state index >= 15 is 0 Å².